The molecule has 1 aliphatic heterocycles. The van der Waals surface area contributed by atoms with Crippen LogP contribution in [0.15, 0.2) is 47.9 Å². The second-order valence-corrected chi connectivity index (χ2v) is 9.92. The van der Waals surface area contributed by atoms with E-state index in [4.69, 9.17) is 0 Å². The number of nitrogens with zero attached hydrogens (tertiary/aromatic N) is 3. The van der Waals surface area contributed by atoms with Gasteiger partial charge in [-0.1, -0.05) is 57.0 Å². The Morgan fingerprint density at radius 1 is 1.18 bits per heavy atom. The molecule has 2 aromatic rings. The second kappa shape index (κ2) is 9.20. The molecule has 0 radical (unpaired) electrons. The molecule has 0 amide bonds. The monoisotopic (exact) mass is 405 g/mol. The third-order valence-electron chi connectivity index (χ3n) is 5.26. The number of aliphatic hydroxyl groups excluding tert-OH is 1. The summed E-state index contributed by atoms with van der Waals surface area (Å²) in [5.41, 5.74) is 0.824. The first-order chi connectivity index (χ1) is 13.4. The quantitative estimate of drug-likeness (QED) is 0.764. The van der Waals surface area contributed by atoms with Crippen LogP contribution >= 0.6 is 0 Å². The molecule has 154 valence electrons. The van der Waals surface area contributed by atoms with E-state index < -0.39 is 16.1 Å². The Morgan fingerprint density at radius 2 is 1.93 bits per heavy atom. The normalized spacial score (nSPS) is 20.2. The van der Waals surface area contributed by atoms with Gasteiger partial charge in [-0.05, 0) is 30.7 Å². The van der Waals surface area contributed by atoms with E-state index in [0.717, 1.165) is 37.8 Å². The van der Waals surface area contributed by atoms with Gasteiger partial charge in [0.05, 0.1) is 12.4 Å². The lowest BCUT2D eigenvalue weighted by Gasteiger charge is -2.30. The Labute approximate surface area is 168 Å². The van der Waals surface area contributed by atoms with Crippen LogP contribution in [-0.2, 0) is 16.6 Å². The highest BCUT2D eigenvalue weighted by atomic mass is 32.2. The fourth-order valence-electron chi connectivity index (χ4n) is 3.89. The maximum Gasteiger partial charge on any atom is 0.262 e. The van der Waals surface area contributed by atoms with E-state index in [0.29, 0.717) is 18.9 Å². The maximum atomic E-state index is 13.3. The summed E-state index contributed by atoms with van der Waals surface area (Å²) in [5, 5.41) is 10.8. The highest BCUT2D eigenvalue weighted by molar-refractivity contribution is 7.89. The average molecular weight is 406 g/mol. The molecule has 3 rings (SSSR count). The molecule has 1 fully saturated rings. The number of rotatable bonds is 7. The Hall–Kier alpha value is -1.70. The standard InChI is InChI=1S/C21H31N3O3S/c1-17(2)14-23-15-21(22-16-23)28(26,27)24-12-8-4-7-11-19(24)13-20(25)18-9-5-3-6-10-18/h3,5-6,9-10,15-17,19-20,25H,4,7-8,11-14H2,1-2H3/t19-,20-/m1/s1. The van der Waals surface area contributed by atoms with Crippen LogP contribution in [0, 0.1) is 5.92 Å². The molecule has 2 heterocycles. The molecule has 0 unspecified atom stereocenters. The maximum absolute atomic E-state index is 13.3. The smallest absolute Gasteiger partial charge is 0.262 e. The summed E-state index contributed by atoms with van der Waals surface area (Å²) >= 11 is 0. The first-order valence-electron chi connectivity index (χ1n) is 10.1. The lowest BCUT2D eigenvalue weighted by molar-refractivity contribution is 0.132. The first kappa shape index (κ1) is 21.0. The SMILES string of the molecule is CC(C)Cn1cnc(S(=O)(=O)N2CCCCC[C@@H]2C[C@@H](O)c2ccccc2)c1. The van der Waals surface area contributed by atoms with Crippen LogP contribution in [0.4, 0.5) is 0 Å². The van der Waals surface area contributed by atoms with Crippen molar-refractivity contribution >= 4 is 10.0 Å². The minimum absolute atomic E-state index is 0.106. The third kappa shape index (κ3) is 5.01. The van der Waals surface area contributed by atoms with Gasteiger partial charge in [0.2, 0.25) is 0 Å². The van der Waals surface area contributed by atoms with Crippen molar-refractivity contribution in [1.29, 1.82) is 0 Å². The lowest BCUT2D eigenvalue weighted by Crippen LogP contribution is -2.41. The van der Waals surface area contributed by atoms with Gasteiger partial charge in [0.1, 0.15) is 0 Å². The van der Waals surface area contributed by atoms with Gasteiger partial charge in [-0.3, -0.25) is 0 Å². The first-order valence-corrected chi connectivity index (χ1v) is 11.6. The van der Waals surface area contributed by atoms with E-state index in [2.05, 4.69) is 18.8 Å². The Bertz CT molecular complexity index is 849. The molecule has 1 N–H and O–H groups in total. The van der Waals surface area contributed by atoms with Crippen molar-refractivity contribution in [2.75, 3.05) is 6.54 Å². The number of imidazole rings is 1. The zero-order valence-corrected chi connectivity index (χ0v) is 17.6. The summed E-state index contributed by atoms with van der Waals surface area (Å²) in [6, 6.07) is 9.23. The Balaban J connectivity index is 1.82. The van der Waals surface area contributed by atoms with Crippen molar-refractivity contribution in [2.24, 2.45) is 5.92 Å². The van der Waals surface area contributed by atoms with Crippen molar-refractivity contribution in [3.8, 4) is 0 Å². The van der Waals surface area contributed by atoms with E-state index in [9.17, 15) is 13.5 Å². The van der Waals surface area contributed by atoms with Crippen LogP contribution in [0.3, 0.4) is 0 Å². The molecule has 1 aromatic carbocycles. The second-order valence-electron chi connectivity index (χ2n) is 8.08. The molecule has 0 saturated carbocycles. The number of sulfonamides is 1. The van der Waals surface area contributed by atoms with Gasteiger partial charge in [-0.2, -0.15) is 4.31 Å². The topological polar surface area (TPSA) is 75.4 Å². The molecule has 2 atom stereocenters. The Morgan fingerprint density at radius 3 is 2.64 bits per heavy atom. The van der Waals surface area contributed by atoms with Gasteiger partial charge < -0.3 is 9.67 Å². The summed E-state index contributed by atoms with van der Waals surface area (Å²) < 4.78 is 30.1. The van der Waals surface area contributed by atoms with Gasteiger partial charge in [0.25, 0.3) is 10.0 Å². The zero-order chi connectivity index (χ0) is 20.1. The molecule has 1 aromatic heterocycles. The van der Waals surface area contributed by atoms with Gasteiger partial charge in [0.15, 0.2) is 5.03 Å². The summed E-state index contributed by atoms with van der Waals surface area (Å²) in [6.07, 6.45) is 6.52. The van der Waals surface area contributed by atoms with Crippen molar-refractivity contribution < 1.29 is 13.5 Å². The van der Waals surface area contributed by atoms with Crippen molar-refractivity contribution in [2.45, 2.75) is 69.7 Å². The summed E-state index contributed by atoms with van der Waals surface area (Å²) in [7, 11) is -3.69. The van der Waals surface area contributed by atoms with E-state index in [-0.39, 0.29) is 11.1 Å². The van der Waals surface area contributed by atoms with Crippen LogP contribution in [0.5, 0.6) is 0 Å². The van der Waals surface area contributed by atoms with E-state index in [1.165, 1.54) is 0 Å². The third-order valence-corrected chi connectivity index (χ3v) is 7.10. The fraction of sp³-hybridized carbons (Fsp3) is 0.571. The minimum Gasteiger partial charge on any atom is -0.388 e. The number of hydrogen-bond acceptors (Lipinski definition) is 4. The van der Waals surface area contributed by atoms with Crippen LogP contribution in [0.1, 0.15) is 57.6 Å². The molecule has 0 aliphatic carbocycles. The Kier molecular flexibility index (Phi) is 6.91. The van der Waals surface area contributed by atoms with Gasteiger partial charge in [0, 0.05) is 25.3 Å². The summed E-state index contributed by atoms with van der Waals surface area (Å²) in [4.78, 5) is 4.19. The molecular weight excluding hydrogens is 374 g/mol. The largest absolute Gasteiger partial charge is 0.388 e. The van der Waals surface area contributed by atoms with E-state index in [1.807, 2.05) is 34.9 Å². The molecule has 1 saturated heterocycles. The van der Waals surface area contributed by atoms with Crippen LogP contribution in [0.2, 0.25) is 0 Å². The molecule has 28 heavy (non-hydrogen) atoms. The highest BCUT2D eigenvalue weighted by Gasteiger charge is 2.35. The predicted octanol–water partition coefficient (Wildman–Crippen LogP) is 3.60. The molecule has 0 bridgehead atoms. The van der Waals surface area contributed by atoms with Crippen LogP contribution < -0.4 is 0 Å². The van der Waals surface area contributed by atoms with Gasteiger partial charge >= 0.3 is 0 Å². The number of aliphatic hydroxyl groups is 1. The zero-order valence-electron chi connectivity index (χ0n) is 16.7. The predicted molar refractivity (Wildman–Crippen MR) is 109 cm³/mol. The molecule has 1 aliphatic rings. The summed E-state index contributed by atoms with van der Waals surface area (Å²) in [5.74, 6) is 0.414. The number of hydrogen-bond donors (Lipinski definition) is 1. The highest BCUT2D eigenvalue weighted by Crippen LogP contribution is 2.30. The van der Waals surface area contributed by atoms with Crippen LogP contribution in [0.25, 0.3) is 0 Å². The lowest BCUT2D eigenvalue weighted by atomic mass is 9.99. The average Bonchev–Trinajstić information content (AvgIpc) is 3.00. The van der Waals surface area contributed by atoms with Crippen molar-refractivity contribution in [1.82, 2.24) is 13.9 Å². The molecule has 0 spiro atoms. The van der Waals surface area contributed by atoms with Crippen molar-refractivity contribution in [3.63, 3.8) is 0 Å². The molecular formula is C21H31N3O3S. The van der Waals surface area contributed by atoms with Gasteiger partial charge in [-0.25, -0.2) is 13.4 Å². The summed E-state index contributed by atoms with van der Waals surface area (Å²) in [6.45, 7) is 5.39. The van der Waals surface area contributed by atoms with Gasteiger partial charge in [-0.15, -0.1) is 0 Å². The minimum atomic E-state index is -3.69. The van der Waals surface area contributed by atoms with E-state index >= 15 is 0 Å². The van der Waals surface area contributed by atoms with Crippen molar-refractivity contribution in [3.05, 3.63) is 48.4 Å². The molecule has 7 heteroatoms. The van der Waals surface area contributed by atoms with E-state index in [1.54, 1.807) is 16.8 Å². The fourth-order valence-corrected chi connectivity index (χ4v) is 5.53. The number of aromatic nitrogens is 2. The molecule has 6 nitrogen and oxygen atoms in total. The number of benzene rings is 1. The van der Waals surface area contributed by atoms with Crippen LogP contribution in [-0.4, -0.2) is 40.0 Å².